The maximum absolute atomic E-state index is 13.6. The van der Waals surface area contributed by atoms with Gasteiger partial charge in [-0.05, 0) is 46.9 Å². The third-order valence-corrected chi connectivity index (χ3v) is 6.17. The third kappa shape index (κ3) is 8.08. The molecule has 0 aliphatic rings. The van der Waals surface area contributed by atoms with Crippen LogP contribution in [0.5, 0.6) is 0 Å². The summed E-state index contributed by atoms with van der Waals surface area (Å²) in [6.45, 7) is 4.64. The minimum atomic E-state index is -0.768. The first kappa shape index (κ1) is 26.7. The molecule has 0 aliphatic heterocycles. The zero-order chi connectivity index (χ0) is 25.4. The number of benzene rings is 3. The predicted octanol–water partition coefficient (Wildman–Crippen LogP) is 6.09. The second-order valence-corrected chi connectivity index (χ2v) is 9.75. The van der Waals surface area contributed by atoms with Gasteiger partial charge in [-0.1, -0.05) is 85.6 Å². The van der Waals surface area contributed by atoms with E-state index >= 15 is 0 Å². The van der Waals surface area contributed by atoms with Gasteiger partial charge in [0.15, 0.2) is 0 Å². The van der Waals surface area contributed by atoms with Crippen LogP contribution in [0.2, 0.25) is 10.0 Å². The van der Waals surface area contributed by atoms with Gasteiger partial charge < -0.3 is 10.2 Å². The summed E-state index contributed by atoms with van der Waals surface area (Å²) in [6.07, 6.45) is 0.360. The van der Waals surface area contributed by atoms with Crippen molar-refractivity contribution in [2.75, 3.05) is 6.54 Å². The lowest BCUT2D eigenvalue weighted by Gasteiger charge is -2.32. The van der Waals surface area contributed by atoms with E-state index in [9.17, 15) is 14.0 Å². The van der Waals surface area contributed by atoms with Crippen LogP contribution < -0.4 is 5.32 Å². The number of carbonyl (C=O) groups excluding carboxylic acids is 2. The molecular weight excluding hydrogens is 486 g/mol. The molecule has 184 valence electrons. The van der Waals surface area contributed by atoms with Gasteiger partial charge in [-0.3, -0.25) is 9.59 Å². The van der Waals surface area contributed by atoms with Gasteiger partial charge in [0.2, 0.25) is 11.8 Å². The van der Waals surface area contributed by atoms with Crippen molar-refractivity contribution in [1.29, 1.82) is 0 Å². The van der Waals surface area contributed by atoms with Gasteiger partial charge >= 0.3 is 0 Å². The van der Waals surface area contributed by atoms with Gasteiger partial charge in [0.05, 0.1) is 6.42 Å². The van der Waals surface area contributed by atoms with Crippen LogP contribution in [0, 0.1) is 11.7 Å². The summed E-state index contributed by atoms with van der Waals surface area (Å²) in [5.41, 5.74) is 2.27. The van der Waals surface area contributed by atoms with Gasteiger partial charge in [0.25, 0.3) is 0 Å². The smallest absolute Gasteiger partial charge is 0.243 e. The molecule has 1 atom stereocenters. The first-order valence-electron chi connectivity index (χ1n) is 11.5. The number of nitrogens with zero attached hydrogens (tertiary/aromatic N) is 1. The van der Waals surface area contributed by atoms with Crippen molar-refractivity contribution < 1.29 is 14.0 Å². The molecule has 4 nitrogen and oxygen atoms in total. The number of hydrogen-bond acceptors (Lipinski definition) is 2. The molecule has 0 aliphatic carbocycles. The van der Waals surface area contributed by atoms with Crippen LogP contribution in [0.4, 0.5) is 4.39 Å². The Labute approximate surface area is 216 Å². The minimum Gasteiger partial charge on any atom is -0.354 e. The summed E-state index contributed by atoms with van der Waals surface area (Å²) >= 11 is 12.5. The van der Waals surface area contributed by atoms with Crippen LogP contribution in [0.3, 0.4) is 0 Å². The Morgan fingerprint density at radius 2 is 1.63 bits per heavy atom. The molecule has 35 heavy (non-hydrogen) atoms. The maximum Gasteiger partial charge on any atom is 0.243 e. The number of nitrogens with one attached hydrogen (secondary N) is 1. The van der Waals surface area contributed by atoms with Crippen LogP contribution in [0.1, 0.15) is 30.5 Å². The number of halogens is 3. The van der Waals surface area contributed by atoms with Crippen molar-refractivity contribution in [2.45, 2.75) is 39.3 Å². The van der Waals surface area contributed by atoms with E-state index in [2.05, 4.69) is 5.32 Å². The first-order chi connectivity index (χ1) is 16.7. The quantitative estimate of drug-likeness (QED) is 0.356. The van der Waals surface area contributed by atoms with E-state index in [0.29, 0.717) is 34.1 Å². The number of amides is 2. The van der Waals surface area contributed by atoms with Crippen molar-refractivity contribution >= 4 is 35.0 Å². The van der Waals surface area contributed by atoms with Crippen LogP contribution in [0.15, 0.2) is 72.8 Å². The lowest BCUT2D eigenvalue weighted by molar-refractivity contribution is -0.140. The molecule has 0 saturated carbocycles. The summed E-state index contributed by atoms with van der Waals surface area (Å²) in [6, 6.07) is 19.7. The molecule has 3 aromatic rings. The Morgan fingerprint density at radius 1 is 0.943 bits per heavy atom. The zero-order valence-corrected chi connectivity index (χ0v) is 21.3. The van der Waals surface area contributed by atoms with Crippen molar-refractivity contribution in [2.24, 2.45) is 5.92 Å². The highest BCUT2D eigenvalue weighted by atomic mass is 35.5. The fraction of sp³-hybridized carbons (Fsp3) is 0.286. The summed E-state index contributed by atoms with van der Waals surface area (Å²) in [5, 5.41) is 3.88. The molecule has 0 radical (unpaired) electrons. The molecule has 1 N–H and O–H groups in total. The van der Waals surface area contributed by atoms with E-state index < -0.39 is 6.04 Å². The Hall–Kier alpha value is -2.89. The van der Waals surface area contributed by atoms with Crippen molar-refractivity contribution in [3.8, 4) is 0 Å². The Bertz CT molecular complexity index is 1140. The molecule has 7 heteroatoms. The molecule has 2 amide bonds. The average molecular weight is 515 g/mol. The van der Waals surface area contributed by atoms with Crippen LogP contribution >= 0.6 is 23.2 Å². The second-order valence-electron chi connectivity index (χ2n) is 8.91. The van der Waals surface area contributed by atoms with E-state index in [1.54, 1.807) is 35.2 Å². The van der Waals surface area contributed by atoms with E-state index in [1.165, 1.54) is 12.1 Å². The Kier molecular flexibility index (Phi) is 9.70. The maximum atomic E-state index is 13.6. The van der Waals surface area contributed by atoms with Gasteiger partial charge in [0.1, 0.15) is 11.9 Å². The molecule has 0 aromatic heterocycles. The largest absolute Gasteiger partial charge is 0.354 e. The molecule has 0 bridgehead atoms. The highest BCUT2D eigenvalue weighted by Crippen LogP contribution is 2.24. The van der Waals surface area contributed by atoms with E-state index in [-0.39, 0.29) is 36.5 Å². The number of carbonyl (C=O) groups is 2. The first-order valence-corrected chi connectivity index (χ1v) is 12.3. The van der Waals surface area contributed by atoms with Crippen LogP contribution in [-0.4, -0.2) is 29.3 Å². The summed E-state index contributed by atoms with van der Waals surface area (Å²) in [5.74, 6) is -0.616. The molecule has 0 saturated heterocycles. The van der Waals surface area contributed by atoms with Crippen LogP contribution in [-0.2, 0) is 29.0 Å². The average Bonchev–Trinajstić information content (AvgIpc) is 2.83. The topological polar surface area (TPSA) is 49.4 Å². The fourth-order valence-electron chi connectivity index (χ4n) is 3.69. The monoisotopic (exact) mass is 514 g/mol. The predicted molar refractivity (Wildman–Crippen MR) is 139 cm³/mol. The SMILES string of the molecule is CC(C)CNC(=O)[C@@H](Cc1ccccc1)N(Cc1ccc(Cl)cc1Cl)C(=O)Cc1ccc(F)cc1. The third-order valence-electron chi connectivity index (χ3n) is 5.58. The second kappa shape index (κ2) is 12.7. The van der Waals surface area contributed by atoms with Crippen LogP contribution in [0.25, 0.3) is 0 Å². The van der Waals surface area contributed by atoms with Gasteiger partial charge in [-0.25, -0.2) is 4.39 Å². The Balaban J connectivity index is 1.97. The van der Waals surface area contributed by atoms with Gasteiger partial charge in [-0.15, -0.1) is 0 Å². The molecule has 0 unspecified atom stereocenters. The molecular formula is C28H29Cl2FN2O2. The van der Waals surface area contributed by atoms with Crippen molar-refractivity contribution in [3.05, 3.63) is 105 Å². The zero-order valence-electron chi connectivity index (χ0n) is 19.8. The molecule has 3 aromatic carbocycles. The summed E-state index contributed by atoms with van der Waals surface area (Å²) in [4.78, 5) is 28.6. The molecule has 0 spiro atoms. The highest BCUT2D eigenvalue weighted by molar-refractivity contribution is 6.35. The van der Waals surface area contributed by atoms with Gasteiger partial charge in [-0.2, -0.15) is 0 Å². The number of hydrogen-bond donors (Lipinski definition) is 1. The fourth-order valence-corrected chi connectivity index (χ4v) is 4.16. The summed E-state index contributed by atoms with van der Waals surface area (Å²) in [7, 11) is 0. The van der Waals surface area contributed by atoms with E-state index in [0.717, 1.165) is 5.56 Å². The van der Waals surface area contributed by atoms with E-state index in [4.69, 9.17) is 23.2 Å². The standard InChI is InChI=1S/C28H29Cl2FN2O2/c1-19(2)17-32-28(35)26(14-20-6-4-3-5-7-20)33(18-22-10-11-23(29)16-25(22)30)27(34)15-21-8-12-24(31)13-9-21/h3-13,16,19,26H,14-15,17-18H2,1-2H3,(H,32,35)/t26-/m1/s1. The lowest BCUT2D eigenvalue weighted by Crippen LogP contribution is -2.51. The molecule has 0 fully saturated rings. The van der Waals surface area contributed by atoms with E-state index in [1.807, 2.05) is 44.2 Å². The molecule has 3 rings (SSSR count). The van der Waals surface area contributed by atoms with Crippen molar-refractivity contribution in [3.63, 3.8) is 0 Å². The van der Waals surface area contributed by atoms with Crippen molar-refractivity contribution in [1.82, 2.24) is 10.2 Å². The summed E-state index contributed by atoms with van der Waals surface area (Å²) < 4.78 is 13.4. The Morgan fingerprint density at radius 3 is 2.26 bits per heavy atom. The normalized spacial score (nSPS) is 11.8. The van der Waals surface area contributed by atoms with Gasteiger partial charge in [0, 0.05) is 29.6 Å². The molecule has 0 heterocycles. The lowest BCUT2D eigenvalue weighted by atomic mass is 10.0. The number of rotatable bonds is 10. The highest BCUT2D eigenvalue weighted by Gasteiger charge is 2.31. The minimum absolute atomic E-state index is 0.0221.